The van der Waals surface area contributed by atoms with Crippen molar-refractivity contribution in [3.8, 4) is 0 Å². The van der Waals surface area contributed by atoms with Crippen LogP contribution in [0.5, 0.6) is 0 Å². The smallest absolute Gasteiger partial charge is 0.189 e. The third-order valence-corrected chi connectivity index (χ3v) is 1.39. The van der Waals surface area contributed by atoms with Crippen LogP contribution in [0.25, 0.3) is 0 Å². The summed E-state index contributed by atoms with van der Waals surface area (Å²) in [6, 6.07) is 0. The largest absolute Gasteiger partial charge is 0.346 e. The van der Waals surface area contributed by atoms with Gasteiger partial charge in [-0.15, -0.1) is 0 Å². The van der Waals surface area contributed by atoms with E-state index in [0.29, 0.717) is 6.16 Å². The van der Waals surface area contributed by atoms with E-state index in [4.69, 9.17) is 4.89 Å². The van der Waals surface area contributed by atoms with Gasteiger partial charge in [-0.2, -0.15) is 0 Å². The van der Waals surface area contributed by atoms with Crippen LogP contribution in [-0.4, -0.2) is 11.1 Å². The molecule has 0 fully saturated rings. The molecular formula is C3H9FeO2P. The standard InChI is InChI=1S/C3H9O2P.Fe/c1-2-3-6(4)5;/h6H,2-3H2,1H3,(H,4,5);. The molecule has 0 aliphatic carbocycles. The number of hydrogen-bond acceptors (Lipinski definition) is 1. The predicted octanol–water partition coefficient (Wildman–Crippen LogP) is 0.861. The molecule has 1 atom stereocenters. The van der Waals surface area contributed by atoms with Crippen molar-refractivity contribution in [3.05, 3.63) is 0 Å². The van der Waals surface area contributed by atoms with E-state index in [0.717, 1.165) is 6.42 Å². The Labute approximate surface area is 54.7 Å². The summed E-state index contributed by atoms with van der Waals surface area (Å²) in [6.45, 7) is 1.89. The summed E-state index contributed by atoms with van der Waals surface area (Å²) in [5.74, 6) is 0. The van der Waals surface area contributed by atoms with Crippen molar-refractivity contribution in [1.29, 1.82) is 0 Å². The van der Waals surface area contributed by atoms with E-state index in [-0.39, 0.29) is 17.1 Å². The molecule has 2 nitrogen and oxygen atoms in total. The molecule has 0 rings (SSSR count). The van der Waals surface area contributed by atoms with Gasteiger partial charge in [-0.05, 0) is 6.42 Å². The molecule has 7 heavy (non-hydrogen) atoms. The van der Waals surface area contributed by atoms with Crippen LogP contribution in [0.3, 0.4) is 0 Å². The Bertz CT molecular complexity index is 56.9. The van der Waals surface area contributed by atoms with Gasteiger partial charge in [-0.3, -0.25) is 4.57 Å². The van der Waals surface area contributed by atoms with Gasteiger partial charge in [0, 0.05) is 23.2 Å². The van der Waals surface area contributed by atoms with E-state index in [1.165, 1.54) is 0 Å². The zero-order chi connectivity index (χ0) is 4.99. The molecule has 0 heterocycles. The Morgan fingerprint density at radius 2 is 2.14 bits per heavy atom. The minimum Gasteiger partial charge on any atom is -0.346 e. The SMILES string of the molecule is CCC[PH](=O)O.[Fe]. The van der Waals surface area contributed by atoms with E-state index in [1.54, 1.807) is 0 Å². The first kappa shape index (κ1) is 10.6. The summed E-state index contributed by atoms with van der Waals surface area (Å²) in [5, 5.41) is 0. The van der Waals surface area contributed by atoms with E-state index in [1.807, 2.05) is 6.92 Å². The van der Waals surface area contributed by atoms with Crippen LogP contribution in [0.4, 0.5) is 0 Å². The third-order valence-electron chi connectivity index (χ3n) is 0.464. The van der Waals surface area contributed by atoms with Crippen molar-refractivity contribution in [2.75, 3.05) is 6.16 Å². The van der Waals surface area contributed by atoms with Crippen molar-refractivity contribution >= 4 is 8.03 Å². The predicted molar refractivity (Wildman–Crippen MR) is 26.4 cm³/mol. The van der Waals surface area contributed by atoms with Gasteiger partial charge in [0.2, 0.25) is 0 Å². The maximum atomic E-state index is 9.78. The van der Waals surface area contributed by atoms with Crippen molar-refractivity contribution in [1.82, 2.24) is 0 Å². The Morgan fingerprint density at radius 1 is 1.71 bits per heavy atom. The Balaban J connectivity index is 0. The van der Waals surface area contributed by atoms with Gasteiger partial charge < -0.3 is 4.89 Å². The van der Waals surface area contributed by atoms with E-state index in [9.17, 15) is 4.57 Å². The minimum atomic E-state index is -2.14. The second-order valence-electron chi connectivity index (χ2n) is 1.14. The second kappa shape index (κ2) is 6.71. The maximum absolute atomic E-state index is 9.78. The van der Waals surface area contributed by atoms with Crippen molar-refractivity contribution in [2.45, 2.75) is 13.3 Å². The van der Waals surface area contributed by atoms with Crippen LogP contribution in [0.1, 0.15) is 13.3 Å². The second-order valence-corrected chi connectivity index (χ2v) is 2.43. The quantitative estimate of drug-likeness (QED) is 0.485. The molecule has 0 saturated heterocycles. The average molecular weight is 164 g/mol. The first-order valence-corrected chi connectivity index (χ1v) is 3.55. The summed E-state index contributed by atoms with van der Waals surface area (Å²) in [7, 11) is -2.14. The molecule has 1 N–H and O–H groups in total. The fraction of sp³-hybridized carbons (Fsp3) is 1.00. The Kier molecular flexibility index (Phi) is 10.2. The summed E-state index contributed by atoms with van der Waals surface area (Å²) >= 11 is 0. The topological polar surface area (TPSA) is 37.3 Å². The zero-order valence-corrected chi connectivity index (χ0v) is 6.23. The van der Waals surface area contributed by atoms with Crippen LogP contribution >= 0.6 is 8.03 Å². The Hall–Kier alpha value is 0.709. The number of rotatable bonds is 2. The van der Waals surface area contributed by atoms with Crippen LogP contribution in [0, 0.1) is 0 Å². The van der Waals surface area contributed by atoms with Crippen LogP contribution < -0.4 is 0 Å². The van der Waals surface area contributed by atoms with Crippen molar-refractivity contribution in [2.24, 2.45) is 0 Å². The van der Waals surface area contributed by atoms with Crippen LogP contribution in [-0.2, 0) is 21.6 Å². The molecular weight excluding hydrogens is 155 g/mol. The van der Waals surface area contributed by atoms with E-state index < -0.39 is 8.03 Å². The van der Waals surface area contributed by atoms with Gasteiger partial charge in [-0.1, -0.05) is 6.92 Å². The van der Waals surface area contributed by atoms with Crippen molar-refractivity contribution < 1.29 is 26.5 Å². The van der Waals surface area contributed by atoms with Gasteiger partial charge in [0.15, 0.2) is 8.03 Å². The molecule has 0 spiro atoms. The first-order valence-electron chi connectivity index (χ1n) is 1.99. The summed E-state index contributed by atoms with van der Waals surface area (Å²) in [5.41, 5.74) is 0. The molecule has 0 bridgehead atoms. The van der Waals surface area contributed by atoms with Crippen molar-refractivity contribution in [3.63, 3.8) is 0 Å². The van der Waals surface area contributed by atoms with Gasteiger partial charge in [0.25, 0.3) is 0 Å². The molecule has 0 saturated carbocycles. The molecule has 4 heteroatoms. The summed E-state index contributed by atoms with van der Waals surface area (Å²) < 4.78 is 9.78. The molecule has 0 aromatic rings. The minimum absolute atomic E-state index is 0. The zero-order valence-electron chi connectivity index (χ0n) is 4.12. The molecule has 0 aliphatic rings. The first-order chi connectivity index (χ1) is 2.77. The van der Waals surface area contributed by atoms with Gasteiger partial charge in [0.05, 0.1) is 0 Å². The van der Waals surface area contributed by atoms with Crippen LogP contribution in [0.2, 0.25) is 0 Å². The normalized spacial score (nSPS) is 12.3. The average Bonchev–Trinajstić information content (AvgIpc) is 1.35. The Morgan fingerprint density at radius 3 is 2.14 bits per heavy atom. The molecule has 0 aromatic heterocycles. The molecule has 0 radical (unpaired) electrons. The molecule has 46 valence electrons. The summed E-state index contributed by atoms with van der Waals surface area (Å²) in [6.07, 6.45) is 1.29. The molecule has 0 aromatic carbocycles. The van der Waals surface area contributed by atoms with Crippen LogP contribution in [0.15, 0.2) is 0 Å². The molecule has 0 amide bonds. The van der Waals surface area contributed by atoms with Gasteiger partial charge in [0.1, 0.15) is 0 Å². The maximum Gasteiger partial charge on any atom is 0.189 e. The van der Waals surface area contributed by atoms with E-state index in [2.05, 4.69) is 0 Å². The molecule has 1 unspecified atom stereocenters. The fourth-order valence-electron chi connectivity index (χ4n) is 0.214. The fourth-order valence-corrected chi connectivity index (χ4v) is 0.642. The summed E-state index contributed by atoms with van der Waals surface area (Å²) in [4.78, 5) is 8.10. The molecule has 0 aliphatic heterocycles. The number of hydrogen-bond donors (Lipinski definition) is 1. The van der Waals surface area contributed by atoms with E-state index >= 15 is 0 Å². The monoisotopic (exact) mass is 164 g/mol. The van der Waals surface area contributed by atoms with Gasteiger partial charge in [-0.25, -0.2) is 0 Å². The third kappa shape index (κ3) is 10.8. The van der Waals surface area contributed by atoms with Gasteiger partial charge >= 0.3 is 0 Å².